The van der Waals surface area contributed by atoms with Crippen LogP contribution >= 0.6 is 0 Å². The lowest BCUT2D eigenvalue weighted by atomic mass is 10.1. The SMILES string of the molecule is COC(=O)c1cc(N2CCOCC2)cc(Nc2ccnc3ccccc23)c1[N+](=O)[O-]. The summed E-state index contributed by atoms with van der Waals surface area (Å²) in [5, 5.41) is 15.9. The number of hydrogen-bond acceptors (Lipinski definition) is 8. The molecular formula is C21H20N4O5. The fourth-order valence-corrected chi connectivity index (χ4v) is 3.53. The third-order valence-corrected chi connectivity index (χ3v) is 4.98. The molecule has 0 unspecified atom stereocenters. The van der Waals surface area contributed by atoms with Gasteiger partial charge in [0.1, 0.15) is 11.3 Å². The fraction of sp³-hybridized carbons (Fsp3) is 0.238. The van der Waals surface area contributed by atoms with Gasteiger partial charge >= 0.3 is 11.7 Å². The summed E-state index contributed by atoms with van der Waals surface area (Å²) in [6.07, 6.45) is 1.63. The first-order valence-corrected chi connectivity index (χ1v) is 9.42. The summed E-state index contributed by atoms with van der Waals surface area (Å²) in [6.45, 7) is 2.33. The van der Waals surface area contributed by atoms with Crippen molar-refractivity contribution in [2.45, 2.75) is 0 Å². The number of methoxy groups -OCH3 is 1. The van der Waals surface area contributed by atoms with Crippen LogP contribution in [0.3, 0.4) is 0 Å². The van der Waals surface area contributed by atoms with Gasteiger partial charge in [-0.25, -0.2) is 4.79 Å². The van der Waals surface area contributed by atoms with E-state index in [0.717, 1.165) is 10.9 Å². The van der Waals surface area contributed by atoms with Crippen molar-refractivity contribution in [3.05, 3.63) is 64.3 Å². The number of hydrogen-bond donors (Lipinski definition) is 1. The lowest BCUT2D eigenvalue weighted by molar-refractivity contribution is -0.384. The Morgan fingerprint density at radius 2 is 1.97 bits per heavy atom. The Labute approximate surface area is 172 Å². The number of anilines is 3. The highest BCUT2D eigenvalue weighted by atomic mass is 16.6. The van der Waals surface area contributed by atoms with Gasteiger partial charge < -0.3 is 19.7 Å². The van der Waals surface area contributed by atoms with Gasteiger partial charge in [0, 0.05) is 36.0 Å². The zero-order valence-electron chi connectivity index (χ0n) is 16.3. The van der Waals surface area contributed by atoms with Crippen LogP contribution in [-0.2, 0) is 9.47 Å². The standard InChI is InChI=1S/C21H20N4O5/c1-29-21(26)16-12-14(24-8-10-30-11-9-24)13-19(20(16)25(27)28)23-18-6-7-22-17-5-3-2-4-15(17)18/h2-7,12-13H,8-11H2,1H3,(H,22,23). The highest BCUT2D eigenvalue weighted by molar-refractivity contribution is 6.00. The maximum Gasteiger partial charge on any atom is 0.345 e. The average Bonchev–Trinajstić information content (AvgIpc) is 2.78. The summed E-state index contributed by atoms with van der Waals surface area (Å²) in [4.78, 5) is 30.1. The monoisotopic (exact) mass is 408 g/mol. The van der Waals surface area contributed by atoms with E-state index in [0.29, 0.717) is 37.7 Å². The van der Waals surface area contributed by atoms with Crippen LogP contribution in [0.2, 0.25) is 0 Å². The van der Waals surface area contributed by atoms with Crippen molar-refractivity contribution in [3.63, 3.8) is 0 Å². The number of para-hydroxylation sites is 1. The van der Waals surface area contributed by atoms with Gasteiger partial charge in [-0.1, -0.05) is 18.2 Å². The molecule has 0 aliphatic carbocycles. The molecule has 4 rings (SSSR count). The minimum atomic E-state index is -0.764. The molecular weight excluding hydrogens is 388 g/mol. The molecule has 0 atom stereocenters. The Morgan fingerprint density at radius 3 is 2.70 bits per heavy atom. The van der Waals surface area contributed by atoms with Crippen LogP contribution in [0.15, 0.2) is 48.7 Å². The van der Waals surface area contributed by atoms with Gasteiger partial charge in [-0.05, 0) is 24.3 Å². The number of morpholine rings is 1. The molecule has 0 amide bonds. The molecule has 2 aromatic carbocycles. The van der Waals surface area contributed by atoms with E-state index >= 15 is 0 Å². The highest BCUT2D eigenvalue weighted by Gasteiger charge is 2.29. The molecule has 3 aromatic rings. The number of esters is 1. The van der Waals surface area contributed by atoms with E-state index < -0.39 is 10.9 Å². The third-order valence-electron chi connectivity index (χ3n) is 4.98. The minimum absolute atomic E-state index is 0.104. The van der Waals surface area contributed by atoms with Crippen molar-refractivity contribution < 1.29 is 19.2 Å². The first-order valence-electron chi connectivity index (χ1n) is 9.42. The molecule has 9 heteroatoms. The van der Waals surface area contributed by atoms with Gasteiger partial charge in [0.05, 0.1) is 30.8 Å². The van der Waals surface area contributed by atoms with Crippen molar-refractivity contribution in [1.29, 1.82) is 0 Å². The van der Waals surface area contributed by atoms with E-state index in [9.17, 15) is 14.9 Å². The van der Waals surface area contributed by atoms with E-state index in [-0.39, 0.29) is 16.9 Å². The van der Waals surface area contributed by atoms with Gasteiger partial charge in [-0.3, -0.25) is 15.1 Å². The number of nitrogens with one attached hydrogen (secondary N) is 1. The number of carbonyl (C=O) groups excluding carboxylic acids is 1. The predicted octanol–water partition coefficient (Wildman–Crippen LogP) is 3.51. The van der Waals surface area contributed by atoms with Crippen molar-refractivity contribution in [2.24, 2.45) is 0 Å². The molecule has 1 N–H and O–H groups in total. The third kappa shape index (κ3) is 3.74. The van der Waals surface area contributed by atoms with Gasteiger partial charge in [0.2, 0.25) is 0 Å². The predicted molar refractivity (Wildman–Crippen MR) is 112 cm³/mol. The smallest absolute Gasteiger partial charge is 0.345 e. The number of fused-ring (bicyclic) bond motifs is 1. The van der Waals surface area contributed by atoms with E-state index in [4.69, 9.17) is 9.47 Å². The maximum absolute atomic E-state index is 12.4. The van der Waals surface area contributed by atoms with Gasteiger partial charge in [-0.15, -0.1) is 0 Å². The molecule has 1 saturated heterocycles. The largest absolute Gasteiger partial charge is 0.465 e. The summed E-state index contributed by atoms with van der Waals surface area (Å²) in [6, 6.07) is 12.4. The van der Waals surface area contributed by atoms with Crippen molar-refractivity contribution in [3.8, 4) is 0 Å². The van der Waals surface area contributed by atoms with Crippen molar-refractivity contribution >= 4 is 39.6 Å². The van der Waals surface area contributed by atoms with Crippen LogP contribution in [0, 0.1) is 10.1 Å². The number of aromatic nitrogens is 1. The fourth-order valence-electron chi connectivity index (χ4n) is 3.53. The molecule has 30 heavy (non-hydrogen) atoms. The van der Waals surface area contributed by atoms with Crippen molar-refractivity contribution in [2.75, 3.05) is 43.6 Å². The number of rotatable bonds is 5. The zero-order valence-corrected chi connectivity index (χ0v) is 16.3. The Bertz CT molecular complexity index is 1110. The van der Waals surface area contributed by atoms with Crippen LogP contribution in [0.1, 0.15) is 10.4 Å². The number of ether oxygens (including phenoxy) is 2. The van der Waals surface area contributed by atoms with E-state index in [1.165, 1.54) is 13.2 Å². The zero-order chi connectivity index (χ0) is 21.1. The van der Waals surface area contributed by atoms with Crippen LogP contribution in [-0.4, -0.2) is 49.3 Å². The lowest BCUT2D eigenvalue weighted by Crippen LogP contribution is -2.36. The average molecular weight is 408 g/mol. The topological polar surface area (TPSA) is 107 Å². The number of nitro benzene ring substituents is 1. The molecule has 0 bridgehead atoms. The second kappa shape index (κ2) is 8.34. The van der Waals surface area contributed by atoms with Gasteiger partial charge in [0.15, 0.2) is 0 Å². The summed E-state index contributed by atoms with van der Waals surface area (Å²) >= 11 is 0. The number of benzene rings is 2. The lowest BCUT2D eigenvalue weighted by Gasteiger charge is -2.29. The van der Waals surface area contributed by atoms with Gasteiger partial charge in [-0.2, -0.15) is 0 Å². The number of pyridine rings is 1. The van der Waals surface area contributed by atoms with E-state index in [2.05, 4.69) is 10.3 Å². The molecule has 1 aromatic heterocycles. The summed E-state index contributed by atoms with van der Waals surface area (Å²) in [7, 11) is 1.21. The molecule has 1 aliphatic rings. The number of nitro groups is 1. The molecule has 154 valence electrons. The summed E-state index contributed by atoms with van der Waals surface area (Å²) in [5.74, 6) is -0.764. The molecule has 1 aliphatic heterocycles. The Morgan fingerprint density at radius 1 is 1.20 bits per heavy atom. The molecule has 9 nitrogen and oxygen atoms in total. The van der Waals surface area contributed by atoms with Crippen LogP contribution < -0.4 is 10.2 Å². The highest BCUT2D eigenvalue weighted by Crippen LogP contribution is 2.37. The van der Waals surface area contributed by atoms with E-state index in [1.54, 1.807) is 18.3 Å². The van der Waals surface area contributed by atoms with Crippen LogP contribution in [0.5, 0.6) is 0 Å². The second-order valence-corrected chi connectivity index (χ2v) is 6.74. The number of nitrogens with zero attached hydrogens (tertiary/aromatic N) is 3. The molecule has 1 fully saturated rings. The van der Waals surface area contributed by atoms with Gasteiger partial charge in [0.25, 0.3) is 0 Å². The minimum Gasteiger partial charge on any atom is -0.465 e. The van der Waals surface area contributed by atoms with Crippen LogP contribution in [0.4, 0.5) is 22.7 Å². The Kier molecular flexibility index (Phi) is 5.44. The molecule has 0 radical (unpaired) electrons. The summed E-state index contributed by atoms with van der Waals surface area (Å²) < 4.78 is 10.2. The first kappa shape index (κ1) is 19.6. The number of carbonyl (C=O) groups is 1. The Hall–Kier alpha value is -3.72. The molecule has 0 spiro atoms. The normalized spacial score (nSPS) is 13.8. The molecule has 2 heterocycles. The summed E-state index contributed by atoms with van der Waals surface area (Å²) in [5.41, 5.74) is 1.86. The van der Waals surface area contributed by atoms with Crippen molar-refractivity contribution in [1.82, 2.24) is 4.98 Å². The molecule has 0 saturated carbocycles. The second-order valence-electron chi connectivity index (χ2n) is 6.74. The van der Waals surface area contributed by atoms with E-state index in [1.807, 2.05) is 29.2 Å². The quantitative estimate of drug-likeness (QED) is 0.388. The maximum atomic E-state index is 12.4. The first-order chi connectivity index (χ1) is 14.6. The Balaban J connectivity index is 1.87. The van der Waals surface area contributed by atoms with Crippen LogP contribution in [0.25, 0.3) is 10.9 Å².